The van der Waals surface area contributed by atoms with Crippen LogP contribution >= 0.6 is 0 Å². The van der Waals surface area contributed by atoms with Crippen molar-refractivity contribution in [3.8, 4) is 22.6 Å². The molecule has 1 fully saturated rings. The molecule has 3 heterocycles. The van der Waals surface area contributed by atoms with Gasteiger partial charge in [0.15, 0.2) is 6.61 Å². The molecule has 6 rings (SSSR count). The Morgan fingerprint density at radius 1 is 0.936 bits per heavy atom. The molecular weight excluding hydrogens is 599 g/mol. The Labute approximate surface area is 273 Å². The van der Waals surface area contributed by atoms with E-state index in [1.165, 1.54) is 18.3 Å². The lowest BCUT2D eigenvalue weighted by molar-refractivity contribution is -0.123. The Kier molecular flexibility index (Phi) is 8.93. The van der Waals surface area contributed by atoms with E-state index in [-0.39, 0.29) is 48.6 Å². The third-order valence-corrected chi connectivity index (χ3v) is 8.40. The summed E-state index contributed by atoms with van der Waals surface area (Å²) in [5.41, 5.74) is 3.89. The number of piperidine rings is 1. The molecule has 0 radical (unpaired) electrons. The second-order valence-electron chi connectivity index (χ2n) is 13.0. The largest absolute Gasteiger partial charge is 0.488 e. The predicted octanol–water partition coefficient (Wildman–Crippen LogP) is 5.29. The zero-order valence-corrected chi connectivity index (χ0v) is 26.6. The van der Waals surface area contributed by atoms with Gasteiger partial charge in [-0.15, -0.1) is 0 Å². The third kappa shape index (κ3) is 7.60. The van der Waals surface area contributed by atoms with E-state index in [1.807, 2.05) is 30.3 Å². The van der Waals surface area contributed by atoms with Gasteiger partial charge in [0.25, 0.3) is 17.7 Å². The molecule has 47 heavy (non-hydrogen) atoms. The van der Waals surface area contributed by atoms with Crippen LogP contribution < -0.4 is 20.1 Å². The van der Waals surface area contributed by atoms with Gasteiger partial charge in [0.05, 0.1) is 11.6 Å². The highest BCUT2D eigenvalue weighted by Gasteiger charge is 2.35. The number of fused-ring (bicyclic) bond motifs is 8. The number of rotatable bonds is 1. The number of hydrogen-bond donors (Lipinski definition) is 2. The number of likely N-dealkylation sites (tertiary alicyclic amines) is 1. The number of nitrogens with zero attached hydrogens (tertiary/aromatic N) is 2. The molecule has 2 aliphatic rings. The lowest BCUT2D eigenvalue weighted by Gasteiger charge is -2.39. The Morgan fingerprint density at radius 2 is 1.72 bits per heavy atom. The van der Waals surface area contributed by atoms with Gasteiger partial charge >= 0.3 is 0 Å². The van der Waals surface area contributed by atoms with Crippen molar-refractivity contribution in [2.45, 2.75) is 51.3 Å². The van der Waals surface area contributed by atoms with Crippen molar-refractivity contribution in [3.05, 3.63) is 113 Å². The van der Waals surface area contributed by atoms with E-state index in [9.17, 15) is 18.8 Å². The van der Waals surface area contributed by atoms with Crippen molar-refractivity contribution in [2.24, 2.45) is 0 Å². The molecule has 2 aliphatic heterocycles. The number of hydrogen-bond acceptors (Lipinski definition) is 6. The molecule has 242 valence electrons. The van der Waals surface area contributed by atoms with Crippen molar-refractivity contribution in [3.63, 3.8) is 0 Å². The molecule has 6 bridgehead atoms. The van der Waals surface area contributed by atoms with E-state index >= 15 is 0 Å². The number of halogens is 1. The van der Waals surface area contributed by atoms with Crippen molar-refractivity contribution in [2.75, 3.05) is 19.7 Å². The molecule has 4 aromatic rings. The maximum absolute atomic E-state index is 14.7. The van der Waals surface area contributed by atoms with Gasteiger partial charge in [0.2, 0.25) is 0 Å². The van der Waals surface area contributed by atoms with E-state index < -0.39 is 18.0 Å². The summed E-state index contributed by atoms with van der Waals surface area (Å²) in [6.07, 6.45) is 2.94. The molecule has 9 nitrogen and oxygen atoms in total. The molecule has 3 aromatic carbocycles. The van der Waals surface area contributed by atoms with Crippen LogP contribution in [0.1, 0.15) is 59.0 Å². The molecule has 0 spiro atoms. The van der Waals surface area contributed by atoms with Crippen LogP contribution in [-0.2, 0) is 16.8 Å². The standard InChI is InChI=1S/C37H37FN4O5/c1-37(2,3)28-9-7-24(8-10-28)36(45)42-12-11-33-32(21-42)41-35(44)27-15-26(19-39-20-27)25-5-4-6-30(16-25)46-22-34(43)40-18-23-13-29(38)17-31(14-23)47-33/h4-10,13-17,19-20,32-33H,11-12,18,21-22H2,1-3H3,(H,40,43)(H,41,44)/t32-,33+/m1/s1. The molecule has 10 heteroatoms. The molecule has 3 amide bonds. The van der Waals surface area contributed by atoms with E-state index in [2.05, 4.69) is 36.4 Å². The summed E-state index contributed by atoms with van der Waals surface area (Å²) in [4.78, 5) is 45.9. The van der Waals surface area contributed by atoms with Gasteiger partial charge in [-0.1, -0.05) is 45.0 Å². The summed E-state index contributed by atoms with van der Waals surface area (Å²) in [6, 6.07) is 20.1. The Hall–Kier alpha value is -5.25. The molecule has 2 atom stereocenters. The van der Waals surface area contributed by atoms with Crippen molar-refractivity contribution in [1.29, 1.82) is 0 Å². The fourth-order valence-electron chi connectivity index (χ4n) is 5.80. The number of amides is 3. The summed E-state index contributed by atoms with van der Waals surface area (Å²) < 4.78 is 26.7. The predicted molar refractivity (Wildman–Crippen MR) is 175 cm³/mol. The van der Waals surface area contributed by atoms with Gasteiger partial charge in [-0.2, -0.15) is 0 Å². The van der Waals surface area contributed by atoms with Gasteiger partial charge in [-0.05, 0) is 64.6 Å². The van der Waals surface area contributed by atoms with E-state index in [4.69, 9.17) is 9.47 Å². The van der Waals surface area contributed by atoms with Crippen LogP contribution in [0.4, 0.5) is 4.39 Å². The smallest absolute Gasteiger partial charge is 0.258 e. The third-order valence-electron chi connectivity index (χ3n) is 8.40. The van der Waals surface area contributed by atoms with Crippen LogP contribution in [0, 0.1) is 5.82 Å². The lowest BCUT2D eigenvalue weighted by atomic mass is 9.86. The first-order chi connectivity index (χ1) is 22.5. The highest BCUT2D eigenvalue weighted by atomic mass is 19.1. The van der Waals surface area contributed by atoms with Crippen molar-refractivity contribution >= 4 is 17.7 Å². The molecule has 0 saturated carbocycles. The minimum Gasteiger partial charge on any atom is -0.488 e. The van der Waals surface area contributed by atoms with Crippen LogP contribution in [0.15, 0.2) is 85.2 Å². The number of benzene rings is 3. The summed E-state index contributed by atoms with van der Waals surface area (Å²) in [6.45, 7) is 6.74. The van der Waals surface area contributed by atoms with Gasteiger partial charge in [-0.3, -0.25) is 19.4 Å². The lowest BCUT2D eigenvalue weighted by Crippen LogP contribution is -2.58. The first-order valence-electron chi connectivity index (χ1n) is 15.6. The van der Waals surface area contributed by atoms with Crippen molar-refractivity contribution in [1.82, 2.24) is 20.5 Å². The maximum Gasteiger partial charge on any atom is 0.258 e. The first-order valence-corrected chi connectivity index (χ1v) is 15.6. The number of ether oxygens (including phenoxy) is 2. The number of carbonyl (C=O) groups excluding carboxylic acids is 3. The molecule has 1 aromatic heterocycles. The molecule has 2 N–H and O–H groups in total. The zero-order valence-electron chi connectivity index (χ0n) is 26.6. The highest BCUT2D eigenvalue weighted by molar-refractivity contribution is 5.96. The topological polar surface area (TPSA) is 110 Å². The Balaban J connectivity index is 1.31. The quantitative estimate of drug-likeness (QED) is 0.294. The molecule has 0 aliphatic carbocycles. The van der Waals surface area contributed by atoms with Crippen LogP contribution in [0.5, 0.6) is 11.5 Å². The average Bonchev–Trinajstić information content (AvgIpc) is 3.06. The normalized spacial score (nSPS) is 18.6. The van der Waals surface area contributed by atoms with Crippen molar-refractivity contribution < 1.29 is 28.2 Å². The Bertz CT molecular complexity index is 1800. The van der Waals surface area contributed by atoms with E-state index in [1.54, 1.807) is 41.4 Å². The summed E-state index contributed by atoms with van der Waals surface area (Å²) in [5, 5.41) is 5.82. The minimum absolute atomic E-state index is 0.0477. The Morgan fingerprint density at radius 3 is 2.51 bits per heavy atom. The monoisotopic (exact) mass is 636 g/mol. The number of carbonyl (C=O) groups is 3. The summed E-state index contributed by atoms with van der Waals surface area (Å²) >= 11 is 0. The van der Waals surface area contributed by atoms with Crippen LogP contribution in [0.25, 0.3) is 11.1 Å². The highest BCUT2D eigenvalue weighted by Crippen LogP contribution is 2.27. The summed E-state index contributed by atoms with van der Waals surface area (Å²) in [5.74, 6) is -0.714. The van der Waals surface area contributed by atoms with Gasteiger partial charge < -0.3 is 25.0 Å². The summed E-state index contributed by atoms with van der Waals surface area (Å²) in [7, 11) is 0. The zero-order chi connectivity index (χ0) is 33.1. The van der Waals surface area contributed by atoms with Crippen LogP contribution in [0.2, 0.25) is 0 Å². The van der Waals surface area contributed by atoms with Gasteiger partial charge in [0, 0.05) is 55.6 Å². The van der Waals surface area contributed by atoms with Crippen LogP contribution in [-0.4, -0.2) is 59.4 Å². The van der Waals surface area contributed by atoms with E-state index in [0.29, 0.717) is 41.0 Å². The number of pyridine rings is 1. The SMILES string of the molecule is CC(C)(C)c1ccc(C(=O)N2CC[C@@H]3Oc4cc(F)cc(c4)CNC(=O)COc4cccc(c4)-c4cncc(c4)C(=O)N[C@@H]3C2)cc1. The molecule has 0 unspecified atom stereocenters. The minimum atomic E-state index is -0.622. The second-order valence-corrected chi connectivity index (χ2v) is 13.0. The van der Waals surface area contributed by atoms with Crippen LogP contribution in [0.3, 0.4) is 0 Å². The molecule has 1 saturated heterocycles. The average molecular weight is 637 g/mol. The fraction of sp³-hybridized carbons (Fsp3) is 0.297. The van der Waals surface area contributed by atoms with Gasteiger partial charge in [0.1, 0.15) is 23.4 Å². The first kappa shape index (κ1) is 31.7. The van der Waals surface area contributed by atoms with Gasteiger partial charge in [-0.25, -0.2) is 4.39 Å². The maximum atomic E-state index is 14.7. The number of nitrogens with one attached hydrogen (secondary N) is 2. The van der Waals surface area contributed by atoms with E-state index in [0.717, 1.165) is 11.1 Å². The molecular formula is C37H37FN4O5. The number of aromatic nitrogens is 1. The second kappa shape index (κ2) is 13.2. The fourth-order valence-corrected chi connectivity index (χ4v) is 5.80.